The smallest absolute Gasteiger partial charge is 0.272 e. The molecule has 0 aliphatic rings. The minimum atomic E-state index is -1.94. The molecule has 0 unspecified atom stereocenters. The van der Waals surface area contributed by atoms with Crippen molar-refractivity contribution in [1.82, 2.24) is 0 Å². The van der Waals surface area contributed by atoms with E-state index < -0.39 is 8.32 Å². The van der Waals surface area contributed by atoms with E-state index in [-0.39, 0.29) is 0 Å². The van der Waals surface area contributed by atoms with Crippen LogP contribution in [0.25, 0.3) is 0 Å². The molecule has 0 spiro atoms. The molecule has 24 heavy (non-hydrogen) atoms. The van der Waals surface area contributed by atoms with Gasteiger partial charge in [-0.1, -0.05) is 94.9 Å². The molecule has 0 aliphatic carbocycles. The second-order valence-corrected chi connectivity index (χ2v) is 10.2. The number of benzene rings is 1. The zero-order chi connectivity index (χ0) is 17.5. The molecule has 0 aliphatic heterocycles. The van der Waals surface area contributed by atoms with Crippen molar-refractivity contribution >= 4 is 8.32 Å². The Morgan fingerprint density at radius 3 is 1.88 bits per heavy atom. The van der Waals surface area contributed by atoms with Gasteiger partial charge in [-0.3, -0.25) is 0 Å². The van der Waals surface area contributed by atoms with Gasteiger partial charge >= 0.3 is 0 Å². The van der Waals surface area contributed by atoms with Crippen LogP contribution in [0.1, 0.15) is 77.7 Å². The molecule has 1 nitrogen and oxygen atoms in total. The van der Waals surface area contributed by atoms with E-state index in [1.807, 2.05) is 6.07 Å². The average molecular weight is 345 g/mol. The van der Waals surface area contributed by atoms with Crippen molar-refractivity contribution in [3.63, 3.8) is 0 Å². The van der Waals surface area contributed by atoms with E-state index in [9.17, 15) is 0 Å². The maximum absolute atomic E-state index is 6.38. The Kier molecular flexibility index (Phi) is 11.6. The van der Waals surface area contributed by atoms with E-state index in [4.69, 9.17) is 4.43 Å². The summed E-state index contributed by atoms with van der Waals surface area (Å²) in [6, 6.07) is 12.8. The number of unbranched alkanes of at least 4 members (excludes halogenated alkanes) is 6. The molecule has 0 saturated heterocycles. The third-order valence-electron chi connectivity index (χ3n) is 4.50. The topological polar surface area (TPSA) is 9.23 Å². The van der Waals surface area contributed by atoms with Gasteiger partial charge in [-0.2, -0.15) is 0 Å². The van der Waals surface area contributed by atoms with E-state index >= 15 is 0 Å². The van der Waals surface area contributed by atoms with Crippen LogP contribution >= 0.6 is 0 Å². The van der Waals surface area contributed by atoms with Crippen LogP contribution in [0, 0.1) is 11.5 Å². The fourth-order valence-corrected chi connectivity index (χ4v) is 6.52. The third-order valence-corrected chi connectivity index (χ3v) is 8.24. The molecule has 0 saturated carbocycles. The highest BCUT2D eigenvalue weighted by Crippen LogP contribution is 2.24. The van der Waals surface area contributed by atoms with Crippen molar-refractivity contribution in [2.45, 2.75) is 84.2 Å². The Balaban J connectivity index is 2.81. The molecule has 0 radical (unpaired) electrons. The maximum atomic E-state index is 6.38. The molecule has 0 atom stereocenters. The summed E-state index contributed by atoms with van der Waals surface area (Å²) >= 11 is 0. The lowest BCUT2D eigenvalue weighted by atomic mass is 10.2. The predicted octanol–water partition coefficient (Wildman–Crippen LogP) is 6.72. The van der Waals surface area contributed by atoms with E-state index in [0.29, 0.717) is 0 Å². The highest BCUT2D eigenvalue weighted by molar-refractivity contribution is 6.81. The quantitative estimate of drug-likeness (QED) is 0.232. The van der Waals surface area contributed by atoms with Gasteiger partial charge in [0.25, 0.3) is 8.32 Å². The van der Waals surface area contributed by atoms with E-state index in [0.717, 1.165) is 12.2 Å². The maximum Gasteiger partial charge on any atom is 0.272 e. The summed E-state index contributed by atoms with van der Waals surface area (Å²) in [5.74, 6) is 3.44. The molecule has 0 amide bonds. The van der Waals surface area contributed by atoms with Crippen LogP contribution in [0.5, 0.6) is 0 Å². The van der Waals surface area contributed by atoms with Crippen molar-refractivity contribution in [3.8, 4) is 11.5 Å². The highest BCUT2D eigenvalue weighted by atomic mass is 28.4. The standard InChI is InChI=1S/C22H36OSi/c1-4-7-9-14-19-24(23-6-3,20-15-10-8-5-2)21-18-22-16-12-11-13-17-22/h11-13,16-17H,4-10,14-15,19-20H2,1-3H3. The van der Waals surface area contributed by atoms with Gasteiger partial charge in [-0.05, 0) is 31.1 Å². The summed E-state index contributed by atoms with van der Waals surface area (Å²) in [4.78, 5) is 0. The number of rotatable bonds is 12. The van der Waals surface area contributed by atoms with Crippen LogP contribution in [-0.2, 0) is 4.43 Å². The van der Waals surface area contributed by atoms with Gasteiger partial charge in [0.05, 0.1) is 0 Å². The molecule has 0 fully saturated rings. The molecule has 0 N–H and O–H groups in total. The second-order valence-electron chi connectivity index (χ2n) is 6.66. The Morgan fingerprint density at radius 2 is 1.38 bits per heavy atom. The molecule has 0 aromatic heterocycles. The van der Waals surface area contributed by atoms with Gasteiger partial charge in [-0.25, -0.2) is 0 Å². The average Bonchev–Trinajstić information content (AvgIpc) is 2.62. The summed E-state index contributed by atoms with van der Waals surface area (Å²) in [6.45, 7) is 7.47. The molecule has 0 heterocycles. The summed E-state index contributed by atoms with van der Waals surface area (Å²) < 4.78 is 6.38. The molecule has 0 bridgehead atoms. The van der Waals surface area contributed by atoms with Crippen LogP contribution in [0.4, 0.5) is 0 Å². The van der Waals surface area contributed by atoms with Crippen LogP contribution in [0.15, 0.2) is 30.3 Å². The molecule has 1 rings (SSSR count). The van der Waals surface area contributed by atoms with Crippen LogP contribution in [0.3, 0.4) is 0 Å². The number of hydrogen-bond donors (Lipinski definition) is 0. The first-order chi connectivity index (χ1) is 11.8. The normalized spacial score (nSPS) is 11.1. The van der Waals surface area contributed by atoms with E-state index in [1.165, 1.54) is 63.5 Å². The Hall–Kier alpha value is -1.04. The minimum absolute atomic E-state index is 0.803. The lowest BCUT2D eigenvalue weighted by Crippen LogP contribution is -2.37. The first kappa shape index (κ1) is 21.0. The van der Waals surface area contributed by atoms with Crippen molar-refractivity contribution < 1.29 is 4.43 Å². The lowest BCUT2D eigenvalue weighted by molar-refractivity contribution is 0.326. The fourth-order valence-electron chi connectivity index (χ4n) is 3.09. The van der Waals surface area contributed by atoms with Crippen molar-refractivity contribution in [2.75, 3.05) is 6.61 Å². The van der Waals surface area contributed by atoms with Gasteiger partial charge in [0.15, 0.2) is 0 Å². The Morgan fingerprint density at radius 1 is 0.792 bits per heavy atom. The van der Waals surface area contributed by atoms with Crippen LogP contribution in [0.2, 0.25) is 12.1 Å². The van der Waals surface area contributed by atoms with Gasteiger partial charge in [0.1, 0.15) is 0 Å². The van der Waals surface area contributed by atoms with Crippen molar-refractivity contribution in [1.29, 1.82) is 0 Å². The van der Waals surface area contributed by atoms with Crippen LogP contribution in [-0.4, -0.2) is 14.9 Å². The SMILES string of the molecule is CCCCCC[Si](C#Cc1ccccc1)(CCCCCC)OCC. The minimum Gasteiger partial charge on any atom is -0.405 e. The molecular weight excluding hydrogens is 308 g/mol. The van der Waals surface area contributed by atoms with Crippen LogP contribution < -0.4 is 0 Å². The van der Waals surface area contributed by atoms with Gasteiger partial charge in [0.2, 0.25) is 0 Å². The number of hydrogen-bond acceptors (Lipinski definition) is 1. The molecule has 1 aromatic rings. The Bertz CT molecular complexity index is 460. The first-order valence-electron chi connectivity index (χ1n) is 9.98. The summed E-state index contributed by atoms with van der Waals surface area (Å²) in [5, 5.41) is 0. The zero-order valence-corrected chi connectivity index (χ0v) is 17.1. The van der Waals surface area contributed by atoms with Crippen molar-refractivity contribution in [3.05, 3.63) is 35.9 Å². The fraction of sp³-hybridized carbons (Fsp3) is 0.636. The molecule has 134 valence electrons. The van der Waals surface area contributed by atoms with E-state index in [2.05, 4.69) is 56.5 Å². The molecular formula is C22H36OSi. The predicted molar refractivity (Wildman–Crippen MR) is 109 cm³/mol. The highest BCUT2D eigenvalue weighted by Gasteiger charge is 2.32. The molecule has 2 heteroatoms. The second kappa shape index (κ2) is 13.3. The van der Waals surface area contributed by atoms with E-state index in [1.54, 1.807) is 0 Å². The zero-order valence-electron chi connectivity index (χ0n) is 16.1. The largest absolute Gasteiger partial charge is 0.405 e. The Labute approximate surface area is 151 Å². The molecule has 1 aromatic carbocycles. The summed E-state index contributed by atoms with van der Waals surface area (Å²) in [5.41, 5.74) is 4.79. The van der Waals surface area contributed by atoms with Gasteiger partial charge in [-0.15, -0.1) is 0 Å². The first-order valence-corrected chi connectivity index (χ1v) is 12.3. The summed E-state index contributed by atoms with van der Waals surface area (Å²) in [7, 11) is -1.94. The van der Waals surface area contributed by atoms with Gasteiger partial charge < -0.3 is 4.43 Å². The lowest BCUT2D eigenvalue weighted by Gasteiger charge is -2.26. The van der Waals surface area contributed by atoms with Crippen molar-refractivity contribution in [2.24, 2.45) is 0 Å². The summed E-state index contributed by atoms with van der Waals surface area (Å²) in [6.07, 6.45) is 10.4. The monoisotopic (exact) mass is 344 g/mol. The van der Waals surface area contributed by atoms with Gasteiger partial charge in [0, 0.05) is 12.2 Å². The third kappa shape index (κ3) is 8.71.